The van der Waals surface area contributed by atoms with Crippen LogP contribution in [-0.4, -0.2) is 33.4 Å². The summed E-state index contributed by atoms with van der Waals surface area (Å²) in [5.74, 6) is 3.24. The number of amides is 1. The normalized spacial score (nSPS) is 21.3. The minimum atomic E-state index is 0.106. The number of nitrogens with one attached hydrogen (secondary N) is 1. The van der Waals surface area contributed by atoms with Crippen LogP contribution in [0.5, 0.6) is 0 Å². The van der Waals surface area contributed by atoms with Crippen molar-refractivity contribution in [3.05, 3.63) is 65.0 Å². The fraction of sp³-hybridized carbons (Fsp3) is 0.273. The van der Waals surface area contributed by atoms with Crippen molar-refractivity contribution in [1.29, 1.82) is 0 Å². The van der Waals surface area contributed by atoms with Gasteiger partial charge in [-0.05, 0) is 60.7 Å². The molecule has 2 aliphatic rings. The predicted octanol–water partition coefficient (Wildman–Crippen LogP) is 3.49. The number of piperidine rings is 1. The molecule has 2 heterocycles. The van der Waals surface area contributed by atoms with Crippen LogP contribution in [0.3, 0.4) is 0 Å². The van der Waals surface area contributed by atoms with Crippen LogP contribution in [0, 0.1) is 12.3 Å². The molecule has 4 nitrogen and oxygen atoms in total. The molecule has 0 spiro atoms. The average Bonchev–Trinajstić information content (AvgIpc) is 3.30. The molecule has 2 atom stereocenters. The Hall–Kier alpha value is -3.06. The first-order valence-corrected chi connectivity index (χ1v) is 9.08. The van der Waals surface area contributed by atoms with Crippen molar-refractivity contribution in [1.82, 2.24) is 14.9 Å². The van der Waals surface area contributed by atoms with Gasteiger partial charge in [0.2, 0.25) is 0 Å². The first-order chi connectivity index (χ1) is 12.7. The number of H-pyrrole nitrogens is 1. The molecule has 1 aliphatic carbocycles. The van der Waals surface area contributed by atoms with E-state index in [9.17, 15) is 4.79 Å². The van der Waals surface area contributed by atoms with Gasteiger partial charge in [0.05, 0.1) is 17.4 Å². The maximum atomic E-state index is 13.2. The standard InChI is InChI=1S/C22H19N3O/c1-2-14-5-6-15-12-21-17(18(15)10-14)4-3-9-25(21)22(26)16-7-8-19-20(11-16)24-13-23-19/h1,5-8,10-11,13,17,21H,3-4,9,12H2,(H,23,24)/t17-,21+/m0/s1. The molecule has 0 saturated carbocycles. The monoisotopic (exact) mass is 341 g/mol. The third-order valence-corrected chi connectivity index (χ3v) is 5.85. The van der Waals surface area contributed by atoms with Gasteiger partial charge in [0.25, 0.3) is 5.91 Å². The van der Waals surface area contributed by atoms with Crippen LogP contribution in [0.25, 0.3) is 11.0 Å². The highest BCUT2D eigenvalue weighted by Crippen LogP contribution is 2.42. The summed E-state index contributed by atoms with van der Waals surface area (Å²) in [7, 11) is 0. The lowest BCUT2D eigenvalue weighted by Crippen LogP contribution is -2.46. The molecule has 1 amide bonds. The van der Waals surface area contributed by atoms with Crippen LogP contribution < -0.4 is 0 Å². The predicted molar refractivity (Wildman–Crippen MR) is 101 cm³/mol. The smallest absolute Gasteiger partial charge is 0.254 e. The van der Waals surface area contributed by atoms with E-state index in [2.05, 4.69) is 32.9 Å². The second-order valence-corrected chi connectivity index (χ2v) is 7.21. The molecule has 4 heteroatoms. The lowest BCUT2D eigenvalue weighted by Gasteiger charge is -2.38. The number of rotatable bonds is 1. The SMILES string of the molecule is C#Cc1ccc2c(c1)[C@@H]1CCCN(C(=O)c3ccc4[nH]cnc4c3)[C@@H]1C2. The molecular weight excluding hydrogens is 322 g/mol. The van der Waals surface area contributed by atoms with Gasteiger partial charge < -0.3 is 9.88 Å². The van der Waals surface area contributed by atoms with Crippen LogP contribution in [0.2, 0.25) is 0 Å². The largest absolute Gasteiger partial charge is 0.345 e. The second-order valence-electron chi connectivity index (χ2n) is 7.21. The fourth-order valence-electron chi connectivity index (χ4n) is 4.60. The van der Waals surface area contributed by atoms with Gasteiger partial charge in [0, 0.05) is 29.6 Å². The topological polar surface area (TPSA) is 49.0 Å². The van der Waals surface area contributed by atoms with Crippen LogP contribution in [0.4, 0.5) is 0 Å². The van der Waals surface area contributed by atoms with Gasteiger partial charge in [-0.15, -0.1) is 6.42 Å². The molecule has 1 aromatic heterocycles. The Bertz CT molecular complexity index is 1060. The van der Waals surface area contributed by atoms with E-state index >= 15 is 0 Å². The minimum Gasteiger partial charge on any atom is -0.345 e. The third kappa shape index (κ3) is 2.24. The van der Waals surface area contributed by atoms with Gasteiger partial charge in [-0.3, -0.25) is 4.79 Å². The molecule has 2 aromatic carbocycles. The number of hydrogen-bond donors (Lipinski definition) is 1. The van der Waals surface area contributed by atoms with Gasteiger partial charge in [-0.1, -0.05) is 12.0 Å². The van der Waals surface area contributed by atoms with Crippen molar-refractivity contribution in [2.75, 3.05) is 6.54 Å². The van der Waals surface area contributed by atoms with E-state index < -0.39 is 0 Å². The van der Waals surface area contributed by atoms with Crippen LogP contribution in [-0.2, 0) is 6.42 Å². The van der Waals surface area contributed by atoms with Crippen LogP contribution in [0.1, 0.15) is 45.8 Å². The number of aromatic amines is 1. The number of carbonyl (C=O) groups excluding carboxylic acids is 1. The molecule has 3 aromatic rings. The molecule has 1 aliphatic heterocycles. The zero-order valence-corrected chi connectivity index (χ0v) is 14.4. The maximum absolute atomic E-state index is 13.2. The Morgan fingerprint density at radius 2 is 2.19 bits per heavy atom. The Morgan fingerprint density at radius 1 is 1.27 bits per heavy atom. The minimum absolute atomic E-state index is 0.106. The summed E-state index contributed by atoms with van der Waals surface area (Å²) in [4.78, 5) is 22.7. The van der Waals surface area contributed by atoms with Gasteiger partial charge in [-0.25, -0.2) is 4.98 Å². The highest BCUT2D eigenvalue weighted by molar-refractivity contribution is 5.97. The highest BCUT2D eigenvalue weighted by atomic mass is 16.2. The molecule has 26 heavy (non-hydrogen) atoms. The van der Waals surface area contributed by atoms with E-state index in [1.54, 1.807) is 6.33 Å². The third-order valence-electron chi connectivity index (χ3n) is 5.85. The Kier molecular flexibility index (Phi) is 3.36. The van der Waals surface area contributed by atoms with Gasteiger partial charge in [0.1, 0.15) is 0 Å². The molecule has 0 unspecified atom stereocenters. The summed E-state index contributed by atoms with van der Waals surface area (Å²) in [5, 5.41) is 0. The van der Waals surface area contributed by atoms with E-state index in [0.717, 1.165) is 42.4 Å². The lowest BCUT2D eigenvalue weighted by molar-refractivity contribution is 0.0595. The molecule has 0 radical (unpaired) electrons. The molecule has 1 saturated heterocycles. The van der Waals surface area contributed by atoms with Crippen molar-refractivity contribution >= 4 is 16.9 Å². The first-order valence-electron chi connectivity index (χ1n) is 9.08. The average molecular weight is 341 g/mol. The van der Waals surface area contributed by atoms with Crippen LogP contribution >= 0.6 is 0 Å². The van der Waals surface area contributed by atoms with Crippen molar-refractivity contribution < 1.29 is 4.79 Å². The number of nitrogens with zero attached hydrogens (tertiary/aromatic N) is 2. The number of hydrogen-bond acceptors (Lipinski definition) is 2. The number of likely N-dealkylation sites (tertiary alicyclic amines) is 1. The summed E-state index contributed by atoms with van der Waals surface area (Å²) < 4.78 is 0. The van der Waals surface area contributed by atoms with E-state index in [-0.39, 0.29) is 11.9 Å². The van der Waals surface area contributed by atoms with Gasteiger partial charge in [-0.2, -0.15) is 0 Å². The molecular formula is C22H19N3O. The number of aromatic nitrogens is 2. The molecule has 0 bridgehead atoms. The number of carbonyl (C=O) groups is 1. The number of benzene rings is 2. The highest BCUT2D eigenvalue weighted by Gasteiger charge is 2.40. The van der Waals surface area contributed by atoms with Crippen molar-refractivity contribution in [3.8, 4) is 12.3 Å². The summed E-state index contributed by atoms with van der Waals surface area (Å²) >= 11 is 0. The first kappa shape index (κ1) is 15.2. The van der Waals surface area contributed by atoms with E-state index in [0.29, 0.717) is 11.5 Å². The van der Waals surface area contributed by atoms with Crippen molar-refractivity contribution in [2.45, 2.75) is 31.2 Å². The molecule has 128 valence electrons. The zero-order valence-electron chi connectivity index (χ0n) is 14.4. The summed E-state index contributed by atoms with van der Waals surface area (Å²) in [5.41, 5.74) is 6.10. The lowest BCUT2D eigenvalue weighted by atomic mass is 9.87. The molecule has 1 N–H and O–H groups in total. The Balaban J connectivity index is 1.48. The summed E-state index contributed by atoms with van der Waals surface area (Å²) in [6.07, 6.45) is 10.3. The second kappa shape index (κ2) is 5.74. The van der Waals surface area contributed by atoms with Crippen molar-refractivity contribution in [3.63, 3.8) is 0 Å². The molecule has 1 fully saturated rings. The van der Waals surface area contributed by atoms with Crippen molar-refractivity contribution in [2.24, 2.45) is 0 Å². The summed E-state index contributed by atoms with van der Waals surface area (Å²) in [6, 6.07) is 12.2. The van der Waals surface area contributed by atoms with Gasteiger partial charge >= 0.3 is 0 Å². The number of terminal acetylenes is 1. The fourth-order valence-corrected chi connectivity index (χ4v) is 4.60. The van der Waals surface area contributed by atoms with E-state index in [1.165, 1.54) is 11.1 Å². The molecule has 5 rings (SSSR count). The summed E-state index contributed by atoms with van der Waals surface area (Å²) in [6.45, 7) is 0.814. The Labute approximate surface area is 152 Å². The van der Waals surface area contributed by atoms with Gasteiger partial charge in [0.15, 0.2) is 0 Å². The number of fused-ring (bicyclic) bond motifs is 4. The number of imidazole rings is 1. The van der Waals surface area contributed by atoms with E-state index in [4.69, 9.17) is 6.42 Å². The van der Waals surface area contributed by atoms with E-state index in [1.807, 2.05) is 24.3 Å². The maximum Gasteiger partial charge on any atom is 0.254 e. The Morgan fingerprint density at radius 3 is 3.08 bits per heavy atom. The quantitative estimate of drug-likeness (QED) is 0.689. The zero-order chi connectivity index (χ0) is 17.7. The van der Waals surface area contributed by atoms with Crippen LogP contribution in [0.15, 0.2) is 42.7 Å².